The molecule has 0 aliphatic carbocycles. The van der Waals surface area contributed by atoms with Gasteiger partial charge in [-0.25, -0.2) is 9.97 Å². The number of aromatic nitrogens is 3. The first-order valence-electron chi connectivity index (χ1n) is 4.16. The Kier molecular flexibility index (Phi) is 1.96. The van der Waals surface area contributed by atoms with Crippen LogP contribution in [0.25, 0.3) is 11.2 Å². The Balaban J connectivity index is 2.71. The third-order valence-corrected chi connectivity index (χ3v) is 2.16. The summed E-state index contributed by atoms with van der Waals surface area (Å²) in [4.78, 5) is 8.29. The average molecular weight is 196 g/mol. The molecule has 0 saturated heterocycles. The normalized spacial score (nSPS) is 11.4. The fraction of sp³-hybridized carbons (Fsp3) is 0.333. The van der Waals surface area contributed by atoms with Crippen LogP contribution in [0.2, 0.25) is 5.02 Å². The Labute approximate surface area is 81.4 Å². The standard InChI is InChI=1S/C9H10ClN3/c1-6(2)13-5-12-9-8(13)3-7(10)4-11-9/h3-6H,1-2H3. The van der Waals surface area contributed by atoms with Gasteiger partial charge in [0.05, 0.1) is 16.9 Å². The topological polar surface area (TPSA) is 30.7 Å². The SMILES string of the molecule is CC(C)n1cnc2ncc(Cl)cc21. The number of nitrogens with zero attached hydrogens (tertiary/aromatic N) is 3. The van der Waals surface area contributed by atoms with E-state index in [9.17, 15) is 0 Å². The van der Waals surface area contributed by atoms with E-state index >= 15 is 0 Å². The van der Waals surface area contributed by atoms with Crippen molar-refractivity contribution in [3.8, 4) is 0 Å². The van der Waals surface area contributed by atoms with Crippen LogP contribution >= 0.6 is 11.6 Å². The highest BCUT2D eigenvalue weighted by Crippen LogP contribution is 2.18. The molecule has 68 valence electrons. The molecule has 0 bridgehead atoms. The Bertz CT molecular complexity index is 433. The fourth-order valence-electron chi connectivity index (χ4n) is 1.30. The molecule has 0 N–H and O–H groups in total. The summed E-state index contributed by atoms with van der Waals surface area (Å²) in [5.74, 6) is 0. The molecule has 2 heterocycles. The van der Waals surface area contributed by atoms with Crippen LogP contribution < -0.4 is 0 Å². The third kappa shape index (κ3) is 1.40. The maximum Gasteiger partial charge on any atom is 0.177 e. The van der Waals surface area contributed by atoms with Crippen molar-refractivity contribution in [2.45, 2.75) is 19.9 Å². The molecule has 0 unspecified atom stereocenters. The minimum atomic E-state index is 0.380. The molecule has 0 aliphatic rings. The van der Waals surface area contributed by atoms with E-state index in [4.69, 9.17) is 11.6 Å². The summed E-state index contributed by atoms with van der Waals surface area (Å²) >= 11 is 5.85. The summed E-state index contributed by atoms with van der Waals surface area (Å²) in [5.41, 5.74) is 1.74. The van der Waals surface area contributed by atoms with Crippen molar-refractivity contribution in [1.82, 2.24) is 14.5 Å². The summed E-state index contributed by atoms with van der Waals surface area (Å²) in [6, 6.07) is 2.27. The van der Waals surface area contributed by atoms with Crippen molar-refractivity contribution in [2.75, 3.05) is 0 Å². The largest absolute Gasteiger partial charge is 0.327 e. The second-order valence-electron chi connectivity index (χ2n) is 3.24. The summed E-state index contributed by atoms with van der Waals surface area (Å²) in [6.07, 6.45) is 3.40. The Morgan fingerprint density at radius 1 is 1.38 bits per heavy atom. The van der Waals surface area contributed by atoms with Crippen molar-refractivity contribution in [3.05, 3.63) is 23.6 Å². The molecule has 0 radical (unpaired) electrons. The second kappa shape index (κ2) is 3.00. The van der Waals surface area contributed by atoms with Crippen LogP contribution in [0.4, 0.5) is 0 Å². The number of imidazole rings is 1. The third-order valence-electron chi connectivity index (χ3n) is 1.95. The molecule has 0 amide bonds. The van der Waals surface area contributed by atoms with Crippen LogP contribution in [0.1, 0.15) is 19.9 Å². The van der Waals surface area contributed by atoms with E-state index in [0.29, 0.717) is 11.1 Å². The minimum absolute atomic E-state index is 0.380. The Hall–Kier alpha value is -1.09. The molecule has 13 heavy (non-hydrogen) atoms. The lowest BCUT2D eigenvalue weighted by Gasteiger charge is -2.06. The summed E-state index contributed by atoms with van der Waals surface area (Å²) in [7, 11) is 0. The molecule has 2 aromatic rings. The lowest BCUT2D eigenvalue weighted by molar-refractivity contribution is 0.617. The average Bonchev–Trinajstić information content (AvgIpc) is 2.46. The van der Waals surface area contributed by atoms with E-state index in [-0.39, 0.29) is 0 Å². The summed E-state index contributed by atoms with van der Waals surface area (Å²) < 4.78 is 2.05. The van der Waals surface area contributed by atoms with E-state index in [1.54, 1.807) is 12.5 Å². The number of hydrogen-bond acceptors (Lipinski definition) is 2. The molecule has 2 aromatic heterocycles. The summed E-state index contributed by atoms with van der Waals surface area (Å²) in [5, 5.41) is 0.648. The Morgan fingerprint density at radius 3 is 2.85 bits per heavy atom. The van der Waals surface area contributed by atoms with Gasteiger partial charge in [0.1, 0.15) is 0 Å². The minimum Gasteiger partial charge on any atom is -0.327 e. The van der Waals surface area contributed by atoms with Gasteiger partial charge in [-0.3, -0.25) is 0 Å². The first-order chi connectivity index (χ1) is 6.18. The van der Waals surface area contributed by atoms with Crippen molar-refractivity contribution in [3.63, 3.8) is 0 Å². The van der Waals surface area contributed by atoms with E-state index < -0.39 is 0 Å². The highest BCUT2D eigenvalue weighted by Gasteiger charge is 2.06. The van der Waals surface area contributed by atoms with Gasteiger partial charge < -0.3 is 4.57 Å². The zero-order valence-electron chi connectivity index (χ0n) is 7.53. The maximum absolute atomic E-state index is 5.85. The van der Waals surface area contributed by atoms with E-state index in [1.807, 2.05) is 10.6 Å². The van der Waals surface area contributed by atoms with Crippen molar-refractivity contribution >= 4 is 22.8 Å². The smallest absolute Gasteiger partial charge is 0.177 e. The predicted octanol–water partition coefficient (Wildman–Crippen LogP) is 2.67. The van der Waals surface area contributed by atoms with Gasteiger partial charge in [-0.05, 0) is 19.9 Å². The van der Waals surface area contributed by atoms with Gasteiger partial charge in [0.25, 0.3) is 0 Å². The zero-order valence-corrected chi connectivity index (χ0v) is 8.28. The highest BCUT2D eigenvalue weighted by atomic mass is 35.5. The van der Waals surface area contributed by atoms with Crippen LogP contribution in [0, 0.1) is 0 Å². The van der Waals surface area contributed by atoms with Crippen molar-refractivity contribution in [2.24, 2.45) is 0 Å². The molecule has 0 aliphatic heterocycles. The molecule has 3 nitrogen and oxygen atoms in total. The molecule has 4 heteroatoms. The molecule has 0 spiro atoms. The Morgan fingerprint density at radius 2 is 2.15 bits per heavy atom. The first kappa shape index (κ1) is 8.51. The van der Waals surface area contributed by atoms with Gasteiger partial charge in [0.15, 0.2) is 5.65 Å². The van der Waals surface area contributed by atoms with E-state index in [2.05, 4.69) is 23.8 Å². The summed E-state index contributed by atoms with van der Waals surface area (Å²) in [6.45, 7) is 4.20. The number of halogens is 1. The molecular weight excluding hydrogens is 186 g/mol. The highest BCUT2D eigenvalue weighted by molar-refractivity contribution is 6.31. The predicted molar refractivity (Wildman–Crippen MR) is 52.9 cm³/mol. The molecule has 0 aromatic carbocycles. The van der Waals surface area contributed by atoms with Crippen LogP contribution in [-0.2, 0) is 0 Å². The quantitative estimate of drug-likeness (QED) is 0.701. The second-order valence-corrected chi connectivity index (χ2v) is 3.68. The lowest BCUT2D eigenvalue weighted by Crippen LogP contribution is -1.97. The molecule has 0 atom stereocenters. The molecule has 2 rings (SSSR count). The van der Waals surface area contributed by atoms with Gasteiger partial charge >= 0.3 is 0 Å². The molecule has 0 fully saturated rings. The van der Waals surface area contributed by atoms with E-state index in [1.165, 1.54) is 0 Å². The van der Waals surface area contributed by atoms with Crippen LogP contribution in [0.15, 0.2) is 18.6 Å². The number of hydrogen-bond donors (Lipinski definition) is 0. The van der Waals surface area contributed by atoms with Gasteiger partial charge in [-0.1, -0.05) is 11.6 Å². The van der Waals surface area contributed by atoms with Gasteiger partial charge in [0, 0.05) is 12.2 Å². The van der Waals surface area contributed by atoms with Crippen molar-refractivity contribution in [1.29, 1.82) is 0 Å². The van der Waals surface area contributed by atoms with Crippen LogP contribution in [0.3, 0.4) is 0 Å². The van der Waals surface area contributed by atoms with Crippen molar-refractivity contribution < 1.29 is 0 Å². The first-order valence-corrected chi connectivity index (χ1v) is 4.54. The monoisotopic (exact) mass is 195 g/mol. The van der Waals surface area contributed by atoms with Gasteiger partial charge in [-0.15, -0.1) is 0 Å². The fourth-order valence-corrected chi connectivity index (χ4v) is 1.45. The molecule has 0 saturated carbocycles. The number of pyridine rings is 1. The van der Waals surface area contributed by atoms with Crippen LogP contribution in [-0.4, -0.2) is 14.5 Å². The molecular formula is C9H10ClN3. The van der Waals surface area contributed by atoms with Gasteiger partial charge in [0.2, 0.25) is 0 Å². The van der Waals surface area contributed by atoms with E-state index in [0.717, 1.165) is 11.2 Å². The lowest BCUT2D eigenvalue weighted by atomic mass is 10.3. The zero-order chi connectivity index (χ0) is 9.42. The van der Waals surface area contributed by atoms with Gasteiger partial charge in [-0.2, -0.15) is 0 Å². The van der Waals surface area contributed by atoms with Crippen LogP contribution in [0.5, 0.6) is 0 Å². The maximum atomic E-state index is 5.85. The number of rotatable bonds is 1. The number of fused-ring (bicyclic) bond motifs is 1.